The van der Waals surface area contributed by atoms with Gasteiger partial charge in [-0.2, -0.15) is 0 Å². The minimum absolute atomic E-state index is 0.723. The van der Waals surface area contributed by atoms with Crippen LogP contribution in [0.25, 0.3) is 10.9 Å². The van der Waals surface area contributed by atoms with Crippen molar-refractivity contribution in [3.8, 4) is 0 Å². The third-order valence-corrected chi connectivity index (χ3v) is 5.55. The molecule has 1 aromatic carbocycles. The molecule has 0 spiro atoms. The predicted octanol–water partition coefficient (Wildman–Crippen LogP) is 4.58. The van der Waals surface area contributed by atoms with Gasteiger partial charge in [0.15, 0.2) is 0 Å². The Morgan fingerprint density at radius 1 is 0.800 bits per heavy atom. The Hall–Kier alpha value is -1.44. The maximum Gasteiger partial charge on any atom is 0.101 e. The first-order valence-electron chi connectivity index (χ1n) is 8.09. The zero-order chi connectivity index (χ0) is 13.5. The van der Waals surface area contributed by atoms with E-state index in [4.69, 9.17) is 5.73 Å². The van der Waals surface area contributed by atoms with E-state index in [0.717, 1.165) is 11.3 Å². The van der Waals surface area contributed by atoms with E-state index in [0.29, 0.717) is 0 Å². The van der Waals surface area contributed by atoms with Crippen LogP contribution in [0.2, 0.25) is 0 Å². The van der Waals surface area contributed by atoms with Gasteiger partial charge in [0.05, 0.1) is 0 Å². The highest BCUT2D eigenvalue weighted by atomic mass is 14.8. The number of aromatic amines is 1. The molecule has 20 heavy (non-hydrogen) atoms. The molecule has 0 saturated heterocycles. The Kier molecular flexibility index (Phi) is 2.98. The summed E-state index contributed by atoms with van der Waals surface area (Å²) in [5.41, 5.74) is 6.63. The molecule has 0 unspecified atom stereocenters. The largest absolute Gasteiger partial charge is 0.385 e. The van der Waals surface area contributed by atoms with Crippen molar-refractivity contribution in [3.05, 3.63) is 30.3 Å². The summed E-state index contributed by atoms with van der Waals surface area (Å²) in [6.45, 7) is 0. The van der Waals surface area contributed by atoms with Gasteiger partial charge in [0.25, 0.3) is 0 Å². The number of benzene rings is 1. The zero-order valence-corrected chi connectivity index (χ0v) is 12.0. The maximum atomic E-state index is 5.54. The molecule has 1 heterocycles. The first-order chi connectivity index (χ1) is 9.76. The number of nitrogen functional groups attached to an aromatic ring is 1. The molecule has 6 rings (SSSR count). The molecule has 3 N–H and O–H groups in total. The number of rotatable bonds is 0. The number of nitrogens with two attached hydrogens (primary N) is 1. The van der Waals surface area contributed by atoms with Crippen molar-refractivity contribution in [2.75, 3.05) is 5.73 Å². The Labute approximate surface area is 120 Å². The topological polar surface area (TPSA) is 41.8 Å². The number of aromatic nitrogens is 1. The van der Waals surface area contributed by atoms with E-state index in [-0.39, 0.29) is 0 Å². The number of anilines is 1. The van der Waals surface area contributed by atoms with Crippen LogP contribution in [0.4, 0.5) is 5.82 Å². The molecular weight excluding hydrogens is 244 g/mol. The summed E-state index contributed by atoms with van der Waals surface area (Å²) < 4.78 is 0. The van der Waals surface area contributed by atoms with Crippen LogP contribution in [-0.2, 0) is 0 Å². The summed E-state index contributed by atoms with van der Waals surface area (Å²) in [5.74, 6) is 5.43. The van der Waals surface area contributed by atoms with E-state index in [9.17, 15) is 0 Å². The van der Waals surface area contributed by atoms with E-state index in [1.807, 2.05) is 30.3 Å². The second-order valence-corrected chi connectivity index (χ2v) is 7.19. The lowest BCUT2D eigenvalue weighted by atomic mass is 9.56. The van der Waals surface area contributed by atoms with Gasteiger partial charge in [0.2, 0.25) is 0 Å². The van der Waals surface area contributed by atoms with Crippen molar-refractivity contribution in [2.45, 2.75) is 38.5 Å². The lowest BCUT2D eigenvalue weighted by molar-refractivity contribution is 0.0198. The summed E-state index contributed by atoms with van der Waals surface area (Å²) in [4.78, 5) is 3.04. The molecule has 4 fully saturated rings. The lowest BCUT2D eigenvalue weighted by Crippen LogP contribution is -2.38. The van der Waals surface area contributed by atoms with Crippen molar-refractivity contribution in [1.82, 2.24) is 4.98 Å². The molecule has 0 radical (unpaired) electrons. The van der Waals surface area contributed by atoms with Gasteiger partial charge < -0.3 is 10.7 Å². The first kappa shape index (κ1) is 12.3. The minimum Gasteiger partial charge on any atom is -0.385 e. The van der Waals surface area contributed by atoms with Crippen LogP contribution >= 0.6 is 0 Å². The molecule has 4 aliphatic rings. The first-order valence-corrected chi connectivity index (χ1v) is 8.09. The quantitative estimate of drug-likeness (QED) is 0.721. The van der Waals surface area contributed by atoms with Gasteiger partial charge in [-0.1, -0.05) is 18.2 Å². The summed E-state index contributed by atoms with van der Waals surface area (Å²) in [5, 5.41) is 1.17. The van der Waals surface area contributed by atoms with E-state index >= 15 is 0 Å². The predicted molar refractivity (Wildman–Crippen MR) is 84.4 cm³/mol. The Bertz CT molecular complexity index is 509. The van der Waals surface area contributed by atoms with Gasteiger partial charge in [0.1, 0.15) is 5.82 Å². The Balaban J connectivity index is 0.000000106. The summed E-state index contributed by atoms with van der Waals surface area (Å²) >= 11 is 0. The normalized spacial score (nSPS) is 34.0. The molecule has 2 nitrogen and oxygen atoms in total. The van der Waals surface area contributed by atoms with Crippen LogP contribution in [-0.4, -0.2) is 4.98 Å². The molecule has 0 aliphatic heterocycles. The van der Waals surface area contributed by atoms with Crippen molar-refractivity contribution in [3.63, 3.8) is 0 Å². The highest BCUT2D eigenvalue weighted by Crippen LogP contribution is 2.53. The number of H-pyrrole nitrogens is 1. The standard InChI is InChI=1S/C10H16.C8H8N2/c1-7-2-9-4-8(1)5-10(3-7)6-9;9-8-5-6-3-1-2-4-7(6)10-8/h7-10H,1-6H2;1-5,10H,9H2. The molecule has 0 amide bonds. The number of nitrogens with one attached hydrogen (secondary N) is 1. The smallest absolute Gasteiger partial charge is 0.101 e. The SMILES string of the molecule is C1C2CC3CC1CC(C2)C3.Nc1cc2ccccc2[nH]1. The van der Waals surface area contributed by atoms with E-state index in [2.05, 4.69) is 4.98 Å². The number of hydrogen-bond donors (Lipinski definition) is 2. The monoisotopic (exact) mass is 268 g/mol. The average molecular weight is 268 g/mol. The molecule has 0 atom stereocenters. The molecule has 4 aliphatic carbocycles. The molecule has 4 saturated carbocycles. The molecule has 106 valence electrons. The molecule has 4 bridgehead atoms. The Morgan fingerprint density at radius 2 is 1.30 bits per heavy atom. The highest BCUT2D eigenvalue weighted by Gasteiger charge is 2.41. The van der Waals surface area contributed by atoms with Crippen LogP contribution < -0.4 is 5.73 Å². The van der Waals surface area contributed by atoms with Gasteiger partial charge in [-0.15, -0.1) is 0 Å². The van der Waals surface area contributed by atoms with Crippen LogP contribution in [0.3, 0.4) is 0 Å². The Morgan fingerprint density at radius 3 is 1.80 bits per heavy atom. The summed E-state index contributed by atoms with van der Waals surface area (Å²) in [6, 6.07) is 9.94. The van der Waals surface area contributed by atoms with Gasteiger partial charge in [0, 0.05) is 10.9 Å². The fourth-order valence-electron chi connectivity index (χ4n) is 5.08. The number of hydrogen-bond acceptors (Lipinski definition) is 1. The van der Waals surface area contributed by atoms with Crippen LogP contribution in [0, 0.1) is 23.7 Å². The third-order valence-electron chi connectivity index (χ3n) is 5.55. The highest BCUT2D eigenvalue weighted by molar-refractivity contribution is 5.82. The van der Waals surface area contributed by atoms with Gasteiger partial charge in [-0.05, 0) is 74.3 Å². The van der Waals surface area contributed by atoms with Crippen molar-refractivity contribution in [1.29, 1.82) is 0 Å². The van der Waals surface area contributed by atoms with Crippen molar-refractivity contribution >= 4 is 16.7 Å². The maximum absolute atomic E-state index is 5.54. The molecule has 2 heteroatoms. The van der Waals surface area contributed by atoms with E-state index in [1.54, 1.807) is 38.5 Å². The fraction of sp³-hybridized carbons (Fsp3) is 0.556. The fourth-order valence-corrected chi connectivity index (χ4v) is 5.08. The van der Waals surface area contributed by atoms with Crippen LogP contribution in [0.5, 0.6) is 0 Å². The van der Waals surface area contributed by atoms with E-state index < -0.39 is 0 Å². The minimum atomic E-state index is 0.723. The molecular formula is C18H24N2. The van der Waals surface area contributed by atoms with Gasteiger partial charge >= 0.3 is 0 Å². The number of para-hydroxylation sites is 1. The summed E-state index contributed by atoms with van der Waals surface area (Å²) in [6.07, 6.45) is 9.62. The molecule has 2 aromatic rings. The summed E-state index contributed by atoms with van der Waals surface area (Å²) in [7, 11) is 0. The molecule has 1 aromatic heterocycles. The van der Waals surface area contributed by atoms with Crippen molar-refractivity contribution in [2.24, 2.45) is 23.7 Å². The zero-order valence-electron chi connectivity index (χ0n) is 12.0. The number of fused-ring (bicyclic) bond motifs is 1. The lowest BCUT2D eigenvalue weighted by Gasteiger charge is -2.49. The van der Waals surface area contributed by atoms with Crippen molar-refractivity contribution < 1.29 is 0 Å². The second-order valence-electron chi connectivity index (χ2n) is 7.19. The third kappa shape index (κ3) is 2.32. The average Bonchev–Trinajstić information content (AvgIpc) is 2.77. The van der Waals surface area contributed by atoms with Crippen LogP contribution in [0.15, 0.2) is 30.3 Å². The second kappa shape index (κ2) is 4.83. The van der Waals surface area contributed by atoms with Gasteiger partial charge in [-0.3, -0.25) is 0 Å². The van der Waals surface area contributed by atoms with E-state index in [1.165, 1.54) is 29.1 Å². The van der Waals surface area contributed by atoms with Gasteiger partial charge in [-0.25, -0.2) is 0 Å². The van der Waals surface area contributed by atoms with Crippen LogP contribution in [0.1, 0.15) is 38.5 Å².